The summed E-state index contributed by atoms with van der Waals surface area (Å²) >= 11 is 5.22. The summed E-state index contributed by atoms with van der Waals surface area (Å²) in [4.78, 5) is 26.8. The van der Waals surface area contributed by atoms with E-state index in [1.807, 2.05) is 0 Å². The molecular weight excluding hydrogens is 414 g/mol. The molecule has 0 saturated carbocycles. The maximum Gasteiger partial charge on any atom is 0.270 e. The lowest BCUT2D eigenvalue weighted by Crippen LogP contribution is -2.54. The van der Waals surface area contributed by atoms with Gasteiger partial charge in [0.15, 0.2) is 5.11 Å². The van der Waals surface area contributed by atoms with Crippen LogP contribution in [-0.2, 0) is 9.59 Å². The highest BCUT2D eigenvalue weighted by Crippen LogP contribution is 2.31. The molecule has 1 N–H and O–H groups in total. The van der Waals surface area contributed by atoms with E-state index in [1.54, 1.807) is 60.7 Å². The van der Waals surface area contributed by atoms with Gasteiger partial charge in [-0.15, -0.1) is 0 Å². The van der Waals surface area contributed by atoms with Crippen molar-refractivity contribution in [2.75, 3.05) is 12.0 Å². The van der Waals surface area contributed by atoms with Crippen LogP contribution in [0.1, 0.15) is 11.3 Å². The first-order valence-electron chi connectivity index (χ1n) is 9.16. The van der Waals surface area contributed by atoms with Crippen molar-refractivity contribution in [3.63, 3.8) is 0 Å². The van der Waals surface area contributed by atoms with E-state index in [4.69, 9.17) is 26.6 Å². The Labute approximate surface area is 183 Å². The zero-order chi connectivity index (χ0) is 22.0. The van der Waals surface area contributed by atoms with Gasteiger partial charge in [-0.25, -0.2) is 4.90 Å². The number of nitriles is 1. The van der Waals surface area contributed by atoms with Gasteiger partial charge in [0.1, 0.15) is 22.8 Å². The van der Waals surface area contributed by atoms with E-state index < -0.39 is 11.8 Å². The highest BCUT2D eigenvalue weighted by Gasteiger charge is 2.36. The molecule has 1 aliphatic rings. The highest BCUT2D eigenvalue weighted by atomic mass is 32.1. The van der Waals surface area contributed by atoms with Crippen LogP contribution in [0.25, 0.3) is 17.4 Å². The van der Waals surface area contributed by atoms with Gasteiger partial charge in [-0.1, -0.05) is 12.1 Å². The number of rotatable bonds is 4. The zero-order valence-corrected chi connectivity index (χ0v) is 17.1. The molecule has 0 atom stereocenters. The smallest absolute Gasteiger partial charge is 0.270 e. The number of nitrogens with zero attached hydrogens (tertiary/aromatic N) is 2. The van der Waals surface area contributed by atoms with Crippen LogP contribution in [0.15, 0.2) is 70.7 Å². The quantitative estimate of drug-likeness (QED) is 0.386. The van der Waals surface area contributed by atoms with Crippen molar-refractivity contribution in [2.45, 2.75) is 0 Å². The third-order valence-electron chi connectivity index (χ3n) is 4.64. The molecule has 3 aromatic rings. The van der Waals surface area contributed by atoms with Gasteiger partial charge in [-0.05, 0) is 66.8 Å². The Hall–Kier alpha value is -4.22. The number of furan rings is 1. The Morgan fingerprint density at radius 3 is 2.55 bits per heavy atom. The van der Waals surface area contributed by atoms with E-state index in [9.17, 15) is 9.59 Å². The molecule has 8 heteroatoms. The number of nitrogens with one attached hydrogen (secondary N) is 1. The van der Waals surface area contributed by atoms with Gasteiger partial charge in [0, 0.05) is 5.56 Å². The average molecular weight is 429 g/mol. The summed E-state index contributed by atoms with van der Waals surface area (Å²) in [6, 6.07) is 19.2. The van der Waals surface area contributed by atoms with Gasteiger partial charge in [0.25, 0.3) is 11.8 Å². The number of thiocarbonyl (C=S) groups is 1. The molecule has 152 valence electrons. The summed E-state index contributed by atoms with van der Waals surface area (Å²) in [6.45, 7) is 0. The largest absolute Gasteiger partial charge is 0.495 e. The van der Waals surface area contributed by atoms with Crippen LogP contribution < -0.4 is 15.0 Å². The molecular formula is C23H15N3O4S. The number of hydrogen-bond donors (Lipinski definition) is 1. The minimum absolute atomic E-state index is 0.0330. The molecule has 0 unspecified atom stereocenters. The number of carbonyl (C=O) groups is 2. The maximum absolute atomic E-state index is 13.1. The van der Waals surface area contributed by atoms with Crippen LogP contribution in [0.4, 0.5) is 5.69 Å². The summed E-state index contributed by atoms with van der Waals surface area (Å²) in [5.41, 5.74) is 1.60. The molecule has 0 radical (unpaired) electrons. The third-order valence-corrected chi connectivity index (χ3v) is 4.92. The van der Waals surface area contributed by atoms with Crippen LogP contribution >= 0.6 is 12.2 Å². The molecule has 0 spiro atoms. The lowest BCUT2D eigenvalue weighted by molar-refractivity contribution is -0.122. The maximum atomic E-state index is 13.1. The van der Waals surface area contributed by atoms with E-state index in [1.165, 1.54) is 18.1 Å². The highest BCUT2D eigenvalue weighted by molar-refractivity contribution is 7.80. The molecule has 0 bridgehead atoms. The van der Waals surface area contributed by atoms with Crippen LogP contribution in [0.3, 0.4) is 0 Å². The summed E-state index contributed by atoms with van der Waals surface area (Å²) in [6.07, 6.45) is 1.37. The number of hydrogen-bond acceptors (Lipinski definition) is 6. The molecule has 7 nitrogen and oxygen atoms in total. The summed E-state index contributed by atoms with van der Waals surface area (Å²) < 4.78 is 11.1. The summed E-state index contributed by atoms with van der Waals surface area (Å²) in [7, 11) is 1.49. The minimum Gasteiger partial charge on any atom is -0.495 e. The topological polar surface area (TPSA) is 95.6 Å². The lowest BCUT2D eigenvalue weighted by Gasteiger charge is -2.29. The van der Waals surface area contributed by atoms with Gasteiger partial charge >= 0.3 is 0 Å². The second-order valence-electron chi connectivity index (χ2n) is 6.52. The molecule has 31 heavy (non-hydrogen) atoms. The van der Waals surface area contributed by atoms with Crippen LogP contribution in [-0.4, -0.2) is 24.0 Å². The Kier molecular flexibility index (Phi) is 5.35. The van der Waals surface area contributed by atoms with Gasteiger partial charge < -0.3 is 9.15 Å². The molecule has 0 aliphatic carbocycles. The van der Waals surface area contributed by atoms with E-state index >= 15 is 0 Å². The minimum atomic E-state index is -0.613. The van der Waals surface area contributed by atoms with E-state index in [2.05, 4.69) is 11.4 Å². The first kappa shape index (κ1) is 20.1. The number of benzene rings is 2. The molecule has 1 fully saturated rings. The summed E-state index contributed by atoms with van der Waals surface area (Å²) in [5.74, 6) is 0.101. The van der Waals surface area contributed by atoms with Crippen molar-refractivity contribution >= 4 is 40.9 Å². The zero-order valence-electron chi connectivity index (χ0n) is 16.3. The van der Waals surface area contributed by atoms with E-state index in [-0.39, 0.29) is 10.7 Å². The number of amides is 2. The number of methoxy groups -OCH3 is 1. The van der Waals surface area contributed by atoms with E-state index in [0.29, 0.717) is 28.5 Å². The fourth-order valence-electron chi connectivity index (χ4n) is 3.13. The normalized spacial score (nSPS) is 15.0. The van der Waals surface area contributed by atoms with Crippen molar-refractivity contribution in [1.29, 1.82) is 5.26 Å². The molecule has 2 aromatic carbocycles. The van der Waals surface area contributed by atoms with Crippen molar-refractivity contribution in [3.05, 3.63) is 77.6 Å². The number of anilines is 1. The monoisotopic (exact) mass is 429 g/mol. The van der Waals surface area contributed by atoms with Gasteiger partial charge in [0.05, 0.1) is 24.4 Å². The number of para-hydroxylation sites is 2. The Morgan fingerprint density at radius 2 is 1.84 bits per heavy atom. The Morgan fingerprint density at radius 1 is 1.10 bits per heavy atom. The van der Waals surface area contributed by atoms with Gasteiger partial charge in [0.2, 0.25) is 0 Å². The predicted octanol–water partition coefficient (Wildman–Crippen LogP) is 3.66. The van der Waals surface area contributed by atoms with Crippen LogP contribution in [0.2, 0.25) is 0 Å². The fraction of sp³-hybridized carbons (Fsp3) is 0.0435. The van der Waals surface area contributed by atoms with Crippen molar-refractivity contribution in [3.8, 4) is 23.1 Å². The first-order valence-corrected chi connectivity index (χ1v) is 9.57. The fourth-order valence-corrected chi connectivity index (χ4v) is 3.40. The molecule has 2 heterocycles. The molecule has 2 amide bonds. The second kappa shape index (κ2) is 8.26. The number of carbonyl (C=O) groups excluding carboxylic acids is 2. The average Bonchev–Trinajstić information content (AvgIpc) is 3.25. The lowest BCUT2D eigenvalue weighted by atomic mass is 10.1. The van der Waals surface area contributed by atoms with Crippen LogP contribution in [0, 0.1) is 11.3 Å². The first-order chi connectivity index (χ1) is 15.0. The van der Waals surface area contributed by atoms with E-state index in [0.717, 1.165) is 5.56 Å². The second-order valence-corrected chi connectivity index (χ2v) is 6.91. The van der Waals surface area contributed by atoms with Crippen molar-refractivity contribution < 1.29 is 18.7 Å². The SMILES string of the molecule is COc1ccccc1N1C(=O)/C(=C/c2ccc(-c3ccc(C#N)cc3)o2)C(=O)NC1=S. The van der Waals surface area contributed by atoms with Crippen molar-refractivity contribution in [2.24, 2.45) is 0 Å². The Balaban J connectivity index is 1.68. The Bertz CT molecular complexity index is 1270. The van der Waals surface area contributed by atoms with Crippen molar-refractivity contribution in [1.82, 2.24) is 5.32 Å². The van der Waals surface area contributed by atoms with Gasteiger partial charge in [-0.2, -0.15) is 5.26 Å². The predicted molar refractivity (Wildman–Crippen MR) is 118 cm³/mol. The van der Waals surface area contributed by atoms with Crippen LogP contribution in [0.5, 0.6) is 5.75 Å². The third kappa shape index (κ3) is 3.82. The molecule has 1 aliphatic heterocycles. The molecule has 1 aromatic heterocycles. The standard InChI is InChI=1S/C23H15N3O4S/c1-29-20-5-3-2-4-18(20)26-22(28)17(21(27)25-23(26)31)12-16-10-11-19(30-16)15-8-6-14(13-24)7-9-15/h2-12H,1H3,(H,25,27,31)/b17-12+. The molecule has 4 rings (SSSR count). The molecule has 1 saturated heterocycles. The number of ether oxygens (including phenoxy) is 1. The van der Waals surface area contributed by atoms with Gasteiger partial charge in [-0.3, -0.25) is 14.9 Å². The summed E-state index contributed by atoms with van der Waals surface area (Å²) in [5, 5.41) is 11.4.